The van der Waals surface area contributed by atoms with E-state index >= 15 is 0 Å². The Bertz CT molecular complexity index is 681. The lowest BCUT2D eigenvalue weighted by Gasteiger charge is -2.13. The minimum atomic E-state index is -0.132. The predicted octanol–water partition coefficient (Wildman–Crippen LogP) is 3.21. The summed E-state index contributed by atoms with van der Waals surface area (Å²) in [5, 5.41) is 2.93. The smallest absolute Gasteiger partial charge is 0.251 e. The molecular weight excluding hydrogens is 276 g/mol. The van der Waals surface area contributed by atoms with Gasteiger partial charge in [-0.3, -0.25) is 4.79 Å². The van der Waals surface area contributed by atoms with E-state index in [0.717, 1.165) is 22.4 Å². The molecule has 116 valence electrons. The van der Waals surface area contributed by atoms with Gasteiger partial charge in [-0.2, -0.15) is 0 Å². The first-order valence-corrected chi connectivity index (χ1v) is 7.38. The number of amides is 1. The predicted molar refractivity (Wildman–Crippen MR) is 89.1 cm³/mol. The van der Waals surface area contributed by atoms with Gasteiger partial charge in [0.1, 0.15) is 5.75 Å². The third-order valence-electron chi connectivity index (χ3n) is 3.47. The van der Waals surface area contributed by atoms with Crippen LogP contribution in [0.5, 0.6) is 5.75 Å². The number of carbonyl (C=O) groups is 1. The molecule has 0 fully saturated rings. The van der Waals surface area contributed by atoms with Crippen molar-refractivity contribution in [2.45, 2.75) is 27.3 Å². The molecule has 3 N–H and O–H groups in total. The van der Waals surface area contributed by atoms with Crippen LogP contribution in [0.25, 0.3) is 0 Å². The summed E-state index contributed by atoms with van der Waals surface area (Å²) in [4.78, 5) is 12.3. The SMILES string of the molecule is CCOc1cc(C)ccc1CNC(=O)c1cc(N)ccc1C. The molecule has 0 radical (unpaired) electrons. The average molecular weight is 298 g/mol. The molecule has 0 aliphatic rings. The molecule has 0 heterocycles. The van der Waals surface area contributed by atoms with Crippen LogP contribution in [0, 0.1) is 13.8 Å². The van der Waals surface area contributed by atoms with Crippen molar-refractivity contribution in [2.75, 3.05) is 12.3 Å². The summed E-state index contributed by atoms with van der Waals surface area (Å²) >= 11 is 0. The van der Waals surface area contributed by atoms with Crippen molar-refractivity contribution < 1.29 is 9.53 Å². The first-order chi connectivity index (χ1) is 10.5. The lowest BCUT2D eigenvalue weighted by atomic mass is 10.1. The van der Waals surface area contributed by atoms with Gasteiger partial charge in [0.05, 0.1) is 6.61 Å². The van der Waals surface area contributed by atoms with E-state index in [4.69, 9.17) is 10.5 Å². The fraction of sp³-hybridized carbons (Fsp3) is 0.278. The molecule has 0 aliphatic heterocycles. The molecule has 22 heavy (non-hydrogen) atoms. The maximum Gasteiger partial charge on any atom is 0.251 e. The first-order valence-electron chi connectivity index (χ1n) is 7.38. The molecule has 4 heteroatoms. The number of rotatable bonds is 5. The molecular formula is C18H22N2O2. The third-order valence-corrected chi connectivity index (χ3v) is 3.47. The summed E-state index contributed by atoms with van der Waals surface area (Å²) in [6.07, 6.45) is 0. The van der Waals surface area contributed by atoms with Gasteiger partial charge in [-0.05, 0) is 50.1 Å². The van der Waals surface area contributed by atoms with Crippen LogP contribution in [0.15, 0.2) is 36.4 Å². The number of nitrogens with two attached hydrogens (primary N) is 1. The standard InChI is InChI=1S/C18H22N2O2/c1-4-22-17-9-12(2)5-7-14(17)11-20-18(21)16-10-15(19)8-6-13(16)3/h5-10H,4,11,19H2,1-3H3,(H,20,21). The number of nitrogens with one attached hydrogen (secondary N) is 1. The molecule has 0 atom stereocenters. The first kappa shape index (κ1) is 15.9. The molecule has 2 rings (SSSR count). The van der Waals surface area contributed by atoms with E-state index in [9.17, 15) is 4.79 Å². The number of benzene rings is 2. The molecule has 0 saturated carbocycles. The topological polar surface area (TPSA) is 64.3 Å². The molecule has 1 amide bonds. The Labute approximate surface area is 131 Å². The van der Waals surface area contributed by atoms with Gasteiger partial charge in [0.15, 0.2) is 0 Å². The molecule has 0 bridgehead atoms. The fourth-order valence-electron chi connectivity index (χ4n) is 2.25. The van der Waals surface area contributed by atoms with E-state index in [0.29, 0.717) is 24.4 Å². The minimum absolute atomic E-state index is 0.132. The van der Waals surface area contributed by atoms with E-state index in [1.54, 1.807) is 12.1 Å². The Hall–Kier alpha value is -2.49. The van der Waals surface area contributed by atoms with Crippen molar-refractivity contribution in [3.05, 3.63) is 58.7 Å². The highest BCUT2D eigenvalue weighted by molar-refractivity contribution is 5.96. The molecule has 4 nitrogen and oxygen atoms in total. The van der Waals surface area contributed by atoms with Gasteiger partial charge in [-0.25, -0.2) is 0 Å². The van der Waals surface area contributed by atoms with Crippen LogP contribution in [-0.2, 0) is 6.54 Å². The normalized spacial score (nSPS) is 10.3. The maximum atomic E-state index is 12.3. The molecule has 0 spiro atoms. The van der Waals surface area contributed by atoms with Crippen LogP contribution in [0.3, 0.4) is 0 Å². The van der Waals surface area contributed by atoms with Gasteiger partial charge < -0.3 is 15.8 Å². The van der Waals surface area contributed by atoms with Crippen molar-refractivity contribution >= 4 is 11.6 Å². The molecule has 2 aromatic rings. The lowest BCUT2D eigenvalue weighted by Crippen LogP contribution is -2.24. The number of anilines is 1. The molecule has 0 saturated heterocycles. The second kappa shape index (κ2) is 6.98. The molecule has 0 unspecified atom stereocenters. The second-order valence-corrected chi connectivity index (χ2v) is 5.30. The van der Waals surface area contributed by atoms with Crippen LogP contribution >= 0.6 is 0 Å². The number of hydrogen-bond acceptors (Lipinski definition) is 3. The Morgan fingerprint density at radius 1 is 1.18 bits per heavy atom. The summed E-state index contributed by atoms with van der Waals surface area (Å²) in [5.74, 6) is 0.680. The van der Waals surface area contributed by atoms with Crippen LogP contribution in [0.4, 0.5) is 5.69 Å². The molecule has 0 aromatic heterocycles. The van der Waals surface area contributed by atoms with Gasteiger partial charge in [0.25, 0.3) is 5.91 Å². The minimum Gasteiger partial charge on any atom is -0.494 e. The quantitative estimate of drug-likeness (QED) is 0.833. The van der Waals surface area contributed by atoms with Crippen LogP contribution in [0.1, 0.15) is 34.0 Å². The van der Waals surface area contributed by atoms with Crippen LogP contribution in [0.2, 0.25) is 0 Å². The Kier molecular flexibility index (Phi) is 5.04. The van der Waals surface area contributed by atoms with E-state index in [-0.39, 0.29) is 5.91 Å². The van der Waals surface area contributed by atoms with Crippen molar-refractivity contribution in [1.82, 2.24) is 5.32 Å². The number of hydrogen-bond donors (Lipinski definition) is 2. The van der Waals surface area contributed by atoms with E-state index in [2.05, 4.69) is 5.32 Å². The van der Waals surface area contributed by atoms with Crippen molar-refractivity contribution in [3.8, 4) is 5.75 Å². The zero-order valence-corrected chi connectivity index (χ0v) is 13.3. The average Bonchev–Trinajstić information content (AvgIpc) is 2.49. The lowest BCUT2D eigenvalue weighted by molar-refractivity contribution is 0.0950. The summed E-state index contributed by atoms with van der Waals surface area (Å²) in [7, 11) is 0. The van der Waals surface area contributed by atoms with E-state index in [1.165, 1.54) is 0 Å². The zero-order valence-electron chi connectivity index (χ0n) is 13.3. The largest absolute Gasteiger partial charge is 0.494 e. The van der Waals surface area contributed by atoms with Crippen LogP contribution < -0.4 is 15.8 Å². The maximum absolute atomic E-state index is 12.3. The highest BCUT2D eigenvalue weighted by Crippen LogP contribution is 2.20. The van der Waals surface area contributed by atoms with E-state index in [1.807, 2.05) is 45.0 Å². The summed E-state index contributed by atoms with van der Waals surface area (Å²) in [5.41, 5.74) is 9.93. The highest BCUT2D eigenvalue weighted by atomic mass is 16.5. The Balaban J connectivity index is 2.12. The van der Waals surface area contributed by atoms with Crippen molar-refractivity contribution in [2.24, 2.45) is 0 Å². The van der Waals surface area contributed by atoms with Crippen molar-refractivity contribution in [1.29, 1.82) is 0 Å². The Morgan fingerprint density at radius 2 is 1.95 bits per heavy atom. The van der Waals surface area contributed by atoms with Gasteiger partial charge in [-0.1, -0.05) is 18.2 Å². The number of ether oxygens (including phenoxy) is 1. The van der Waals surface area contributed by atoms with Gasteiger partial charge in [0, 0.05) is 23.4 Å². The molecule has 0 aliphatic carbocycles. The van der Waals surface area contributed by atoms with Crippen LogP contribution in [-0.4, -0.2) is 12.5 Å². The second-order valence-electron chi connectivity index (χ2n) is 5.30. The molecule has 2 aromatic carbocycles. The fourth-order valence-corrected chi connectivity index (χ4v) is 2.25. The third kappa shape index (κ3) is 3.79. The highest BCUT2D eigenvalue weighted by Gasteiger charge is 2.11. The summed E-state index contributed by atoms with van der Waals surface area (Å²) in [6.45, 7) is 6.87. The summed E-state index contributed by atoms with van der Waals surface area (Å²) < 4.78 is 5.63. The van der Waals surface area contributed by atoms with E-state index < -0.39 is 0 Å². The zero-order chi connectivity index (χ0) is 16.1. The number of carbonyl (C=O) groups excluding carboxylic acids is 1. The monoisotopic (exact) mass is 298 g/mol. The van der Waals surface area contributed by atoms with Crippen molar-refractivity contribution in [3.63, 3.8) is 0 Å². The number of nitrogen functional groups attached to an aromatic ring is 1. The summed E-state index contributed by atoms with van der Waals surface area (Å²) in [6, 6.07) is 11.3. The van der Waals surface area contributed by atoms with Gasteiger partial charge in [0.2, 0.25) is 0 Å². The van der Waals surface area contributed by atoms with Gasteiger partial charge >= 0.3 is 0 Å². The number of aryl methyl sites for hydroxylation is 2. The Morgan fingerprint density at radius 3 is 2.68 bits per heavy atom. The van der Waals surface area contributed by atoms with Gasteiger partial charge in [-0.15, -0.1) is 0 Å².